The Bertz CT molecular complexity index is 617. The Morgan fingerprint density at radius 1 is 1.25 bits per heavy atom. The summed E-state index contributed by atoms with van der Waals surface area (Å²) in [6.07, 6.45) is -3.63. The Morgan fingerprint density at radius 3 is 2.55 bits per heavy atom. The van der Waals surface area contributed by atoms with Crippen molar-refractivity contribution in [2.75, 3.05) is 11.5 Å². The summed E-state index contributed by atoms with van der Waals surface area (Å²) in [5.41, 5.74) is 11.8. The number of nitrogens with two attached hydrogens (primary N) is 2. The van der Waals surface area contributed by atoms with Crippen LogP contribution in [0.5, 0.6) is 0 Å². The number of nitrogens with zero attached hydrogens (tertiary/aromatic N) is 2. The van der Waals surface area contributed by atoms with Crippen LogP contribution >= 0.6 is 0 Å². The molecule has 7 heteroatoms. The van der Waals surface area contributed by atoms with Crippen LogP contribution < -0.4 is 11.5 Å². The SMILES string of the molecule is CCCn1nc(N)c(N)c1-c1cccc(C(F)(F)F)c1. The highest BCUT2D eigenvalue weighted by Crippen LogP contribution is 2.35. The molecule has 1 aromatic heterocycles. The lowest BCUT2D eigenvalue weighted by molar-refractivity contribution is -0.137. The summed E-state index contributed by atoms with van der Waals surface area (Å²) < 4.78 is 39.8. The zero-order chi connectivity index (χ0) is 14.9. The number of hydrogen-bond donors (Lipinski definition) is 2. The fourth-order valence-corrected chi connectivity index (χ4v) is 2.02. The molecule has 108 valence electrons. The molecule has 0 spiro atoms. The Labute approximate surface area is 114 Å². The van der Waals surface area contributed by atoms with Crippen molar-refractivity contribution in [2.24, 2.45) is 0 Å². The molecule has 0 unspecified atom stereocenters. The van der Waals surface area contributed by atoms with E-state index in [2.05, 4.69) is 5.10 Å². The quantitative estimate of drug-likeness (QED) is 0.909. The second-order valence-corrected chi connectivity index (χ2v) is 4.45. The smallest absolute Gasteiger partial charge is 0.394 e. The summed E-state index contributed by atoms with van der Waals surface area (Å²) in [4.78, 5) is 0. The summed E-state index contributed by atoms with van der Waals surface area (Å²) in [6.45, 7) is 2.47. The van der Waals surface area contributed by atoms with Crippen molar-refractivity contribution in [1.29, 1.82) is 0 Å². The van der Waals surface area contributed by atoms with Gasteiger partial charge in [0.05, 0.1) is 11.3 Å². The number of hydrogen-bond acceptors (Lipinski definition) is 3. The third kappa shape index (κ3) is 2.56. The van der Waals surface area contributed by atoms with Gasteiger partial charge in [-0.25, -0.2) is 0 Å². The third-order valence-corrected chi connectivity index (χ3v) is 2.92. The maximum atomic E-state index is 12.8. The molecule has 0 amide bonds. The zero-order valence-corrected chi connectivity index (χ0v) is 10.9. The van der Waals surface area contributed by atoms with Gasteiger partial charge in [-0.3, -0.25) is 4.68 Å². The van der Waals surface area contributed by atoms with E-state index in [-0.39, 0.29) is 11.5 Å². The molecule has 0 saturated heterocycles. The summed E-state index contributed by atoms with van der Waals surface area (Å²) in [5.74, 6) is 0.130. The highest BCUT2D eigenvalue weighted by molar-refractivity contribution is 5.80. The predicted octanol–water partition coefficient (Wildman–Crippen LogP) is 3.14. The van der Waals surface area contributed by atoms with E-state index in [1.54, 1.807) is 10.7 Å². The predicted molar refractivity (Wildman–Crippen MR) is 71.8 cm³/mol. The molecule has 0 aliphatic heterocycles. The molecule has 0 aliphatic carbocycles. The van der Waals surface area contributed by atoms with Gasteiger partial charge in [0.2, 0.25) is 0 Å². The highest BCUT2D eigenvalue weighted by atomic mass is 19.4. The van der Waals surface area contributed by atoms with E-state index in [0.717, 1.165) is 18.6 Å². The summed E-state index contributed by atoms with van der Waals surface area (Å²) >= 11 is 0. The number of aryl methyl sites for hydroxylation is 1. The Hall–Kier alpha value is -2.18. The van der Waals surface area contributed by atoms with Crippen molar-refractivity contribution in [3.63, 3.8) is 0 Å². The number of benzene rings is 1. The van der Waals surface area contributed by atoms with Crippen LogP contribution in [0.3, 0.4) is 0 Å². The maximum Gasteiger partial charge on any atom is 0.416 e. The normalized spacial score (nSPS) is 11.8. The number of anilines is 2. The number of alkyl halides is 3. The van der Waals surface area contributed by atoms with E-state index in [1.165, 1.54) is 6.07 Å². The first kappa shape index (κ1) is 14.2. The van der Waals surface area contributed by atoms with Gasteiger partial charge in [0, 0.05) is 12.1 Å². The average Bonchev–Trinajstić information content (AvgIpc) is 2.65. The fraction of sp³-hybridized carbons (Fsp3) is 0.308. The molecule has 4 nitrogen and oxygen atoms in total. The molecule has 20 heavy (non-hydrogen) atoms. The molecule has 1 heterocycles. The minimum Gasteiger partial charge on any atom is -0.394 e. The summed E-state index contributed by atoms with van der Waals surface area (Å²) in [5, 5.41) is 4.06. The van der Waals surface area contributed by atoms with Gasteiger partial charge in [-0.05, 0) is 18.6 Å². The number of rotatable bonds is 3. The average molecular weight is 284 g/mol. The van der Waals surface area contributed by atoms with Crippen LogP contribution in [0.15, 0.2) is 24.3 Å². The van der Waals surface area contributed by atoms with Crippen LogP contribution in [0.4, 0.5) is 24.7 Å². The first-order valence-electron chi connectivity index (χ1n) is 6.14. The van der Waals surface area contributed by atoms with Gasteiger partial charge in [-0.15, -0.1) is 0 Å². The minimum absolute atomic E-state index is 0.130. The standard InChI is InChI=1S/C13H15F3N4/c1-2-6-20-11(10(17)12(18)19-20)8-4-3-5-9(7-8)13(14,15)16/h3-5,7H,2,6,17H2,1H3,(H2,18,19). The lowest BCUT2D eigenvalue weighted by Crippen LogP contribution is -2.06. The summed E-state index contributed by atoms with van der Waals surface area (Å²) in [7, 11) is 0. The molecule has 0 atom stereocenters. The van der Waals surface area contributed by atoms with E-state index in [9.17, 15) is 13.2 Å². The Morgan fingerprint density at radius 2 is 1.95 bits per heavy atom. The van der Waals surface area contributed by atoms with Crippen LogP contribution in [0.1, 0.15) is 18.9 Å². The van der Waals surface area contributed by atoms with Crippen LogP contribution in [0.25, 0.3) is 11.3 Å². The second-order valence-electron chi connectivity index (χ2n) is 4.45. The molecular weight excluding hydrogens is 269 g/mol. The van der Waals surface area contributed by atoms with Crippen LogP contribution in [-0.2, 0) is 12.7 Å². The fourth-order valence-electron chi connectivity index (χ4n) is 2.02. The number of aromatic nitrogens is 2. The van der Waals surface area contributed by atoms with Crippen molar-refractivity contribution in [2.45, 2.75) is 26.1 Å². The van der Waals surface area contributed by atoms with Gasteiger partial charge in [0.25, 0.3) is 0 Å². The van der Waals surface area contributed by atoms with Crippen molar-refractivity contribution < 1.29 is 13.2 Å². The van der Waals surface area contributed by atoms with Gasteiger partial charge in [-0.1, -0.05) is 19.1 Å². The molecule has 2 rings (SSSR count). The molecule has 0 saturated carbocycles. The van der Waals surface area contributed by atoms with E-state index in [4.69, 9.17) is 11.5 Å². The Balaban J connectivity index is 2.57. The third-order valence-electron chi connectivity index (χ3n) is 2.92. The summed E-state index contributed by atoms with van der Waals surface area (Å²) in [6, 6.07) is 4.98. The lowest BCUT2D eigenvalue weighted by atomic mass is 10.1. The van der Waals surface area contributed by atoms with E-state index < -0.39 is 11.7 Å². The van der Waals surface area contributed by atoms with Crippen molar-refractivity contribution in [3.05, 3.63) is 29.8 Å². The number of halogens is 3. The minimum atomic E-state index is -4.40. The van der Waals surface area contributed by atoms with E-state index in [0.29, 0.717) is 17.8 Å². The Kier molecular flexibility index (Phi) is 3.61. The number of nitrogen functional groups attached to an aromatic ring is 2. The molecule has 0 fully saturated rings. The largest absolute Gasteiger partial charge is 0.416 e. The first-order valence-corrected chi connectivity index (χ1v) is 6.14. The topological polar surface area (TPSA) is 69.9 Å². The van der Waals surface area contributed by atoms with Crippen molar-refractivity contribution in [1.82, 2.24) is 9.78 Å². The second kappa shape index (κ2) is 5.07. The molecule has 4 N–H and O–H groups in total. The first-order chi connectivity index (χ1) is 9.34. The molecule has 2 aromatic rings. The molecule has 0 aliphatic rings. The van der Waals surface area contributed by atoms with Crippen molar-refractivity contribution in [3.8, 4) is 11.3 Å². The van der Waals surface area contributed by atoms with E-state index in [1.807, 2.05) is 6.92 Å². The van der Waals surface area contributed by atoms with Crippen molar-refractivity contribution >= 4 is 11.5 Å². The molecule has 1 aromatic carbocycles. The molecule has 0 bridgehead atoms. The lowest BCUT2D eigenvalue weighted by Gasteiger charge is -2.11. The van der Waals surface area contributed by atoms with Crippen LogP contribution in [-0.4, -0.2) is 9.78 Å². The monoisotopic (exact) mass is 284 g/mol. The van der Waals surface area contributed by atoms with Crippen LogP contribution in [0.2, 0.25) is 0 Å². The molecule has 0 radical (unpaired) electrons. The highest BCUT2D eigenvalue weighted by Gasteiger charge is 2.31. The van der Waals surface area contributed by atoms with Gasteiger partial charge in [0.1, 0.15) is 5.69 Å². The van der Waals surface area contributed by atoms with Gasteiger partial charge < -0.3 is 11.5 Å². The van der Waals surface area contributed by atoms with Gasteiger partial charge in [0.15, 0.2) is 5.82 Å². The van der Waals surface area contributed by atoms with Gasteiger partial charge >= 0.3 is 6.18 Å². The molecular formula is C13H15F3N4. The van der Waals surface area contributed by atoms with E-state index >= 15 is 0 Å². The van der Waals surface area contributed by atoms with Gasteiger partial charge in [-0.2, -0.15) is 18.3 Å². The van der Waals surface area contributed by atoms with Crippen LogP contribution in [0, 0.1) is 0 Å². The zero-order valence-electron chi connectivity index (χ0n) is 10.9. The maximum absolute atomic E-state index is 12.8.